The summed E-state index contributed by atoms with van der Waals surface area (Å²) < 4.78 is 5.39. The van der Waals surface area contributed by atoms with E-state index in [9.17, 15) is 10.1 Å². The number of amides is 1. The number of carbonyl (C=O) groups is 1. The molecule has 1 N–H and O–H groups in total. The number of nitrogens with zero attached hydrogens (tertiary/aromatic N) is 2. The molecule has 0 aliphatic rings. The van der Waals surface area contributed by atoms with Crippen LogP contribution >= 0.6 is 22.9 Å². The van der Waals surface area contributed by atoms with Crippen LogP contribution in [-0.2, 0) is 11.2 Å². The number of hydrogen-bond acceptors (Lipinski definition) is 5. The number of ether oxygens (including phenoxy) is 1. The van der Waals surface area contributed by atoms with Gasteiger partial charge in [0.05, 0.1) is 6.61 Å². The Morgan fingerprint density at radius 2 is 2.10 bits per heavy atom. The van der Waals surface area contributed by atoms with Gasteiger partial charge in [-0.1, -0.05) is 35.9 Å². The normalized spacial score (nSPS) is 11.0. The van der Waals surface area contributed by atoms with Crippen molar-refractivity contribution in [3.63, 3.8) is 0 Å². The SMILES string of the molecule is CCOc1ccc(C=C(C#N)C(=O)Nc2ncc(Cc3cccc(Cl)c3)s2)cc1. The Balaban J connectivity index is 1.66. The predicted molar refractivity (Wildman–Crippen MR) is 116 cm³/mol. The zero-order chi connectivity index (χ0) is 20.6. The Morgan fingerprint density at radius 1 is 1.31 bits per heavy atom. The van der Waals surface area contributed by atoms with Gasteiger partial charge in [0, 0.05) is 22.5 Å². The van der Waals surface area contributed by atoms with Gasteiger partial charge in [-0.25, -0.2) is 4.98 Å². The Morgan fingerprint density at radius 3 is 2.79 bits per heavy atom. The highest BCUT2D eigenvalue weighted by atomic mass is 35.5. The number of rotatable bonds is 7. The molecule has 146 valence electrons. The molecule has 7 heteroatoms. The van der Waals surface area contributed by atoms with Crippen LogP contribution in [0.25, 0.3) is 6.08 Å². The van der Waals surface area contributed by atoms with Crippen LogP contribution in [0.15, 0.2) is 60.3 Å². The molecule has 3 aromatic rings. The van der Waals surface area contributed by atoms with E-state index in [4.69, 9.17) is 16.3 Å². The molecule has 5 nitrogen and oxygen atoms in total. The zero-order valence-corrected chi connectivity index (χ0v) is 17.3. The lowest BCUT2D eigenvalue weighted by atomic mass is 10.1. The average Bonchev–Trinajstić information content (AvgIpc) is 3.14. The summed E-state index contributed by atoms with van der Waals surface area (Å²) in [4.78, 5) is 17.7. The summed E-state index contributed by atoms with van der Waals surface area (Å²) in [6, 6.07) is 16.7. The van der Waals surface area contributed by atoms with Gasteiger partial charge in [-0.15, -0.1) is 11.3 Å². The van der Waals surface area contributed by atoms with E-state index in [1.807, 2.05) is 37.3 Å². The quantitative estimate of drug-likeness (QED) is 0.411. The third kappa shape index (κ3) is 5.92. The molecule has 3 rings (SSSR count). The van der Waals surface area contributed by atoms with Crippen LogP contribution in [0.2, 0.25) is 5.02 Å². The lowest BCUT2D eigenvalue weighted by Gasteiger charge is -2.03. The fraction of sp³-hybridized carbons (Fsp3) is 0.136. The Bertz CT molecular complexity index is 1070. The van der Waals surface area contributed by atoms with Crippen molar-refractivity contribution < 1.29 is 9.53 Å². The molecule has 1 heterocycles. The molecule has 1 aromatic heterocycles. The standard InChI is InChI=1S/C22H18ClN3O2S/c1-2-28-19-8-6-15(7-9-19)10-17(13-24)21(27)26-22-25-14-20(29-22)12-16-4-3-5-18(23)11-16/h3-11,14H,2,12H2,1H3,(H,25,26,27). The van der Waals surface area contributed by atoms with Crippen LogP contribution in [0, 0.1) is 11.3 Å². The lowest BCUT2D eigenvalue weighted by molar-refractivity contribution is -0.112. The maximum Gasteiger partial charge on any atom is 0.268 e. The van der Waals surface area contributed by atoms with Gasteiger partial charge in [-0.05, 0) is 48.4 Å². The fourth-order valence-corrected chi connectivity index (χ4v) is 3.66. The van der Waals surface area contributed by atoms with Crippen molar-refractivity contribution in [2.45, 2.75) is 13.3 Å². The van der Waals surface area contributed by atoms with E-state index in [0.717, 1.165) is 21.8 Å². The molecule has 2 aromatic carbocycles. The van der Waals surface area contributed by atoms with E-state index in [1.165, 1.54) is 17.4 Å². The van der Waals surface area contributed by atoms with E-state index >= 15 is 0 Å². The van der Waals surface area contributed by atoms with Crippen molar-refractivity contribution in [2.24, 2.45) is 0 Å². The highest BCUT2D eigenvalue weighted by Crippen LogP contribution is 2.23. The average molecular weight is 424 g/mol. The molecular weight excluding hydrogens is 406 g/mol. The number of nitrogens with one attached hydrogen (secondary N) is 1. The summed E-state index contributed by atoms with van der Waals surface area (Å²) in [5.74, 6) is 0.243. The minimum Gasteiger partial charge on any atom is -0.494 e. The van der Waals surface area contributed by atoms with E-state index in [2.05, 4.69) is 10.3 Å². The van der Waals surface area contributed by atoms with Crippen LogP contribution < -0.4 is 10.1 Å². The van der Waals surface area contributed by atoms with Crippen molar-refractivity contribution in [2.75, 3.05) is 11.9 Å². The van der Waals surface area contributed by atoms with Crippen molar-refractivity contribution in [3.05, 3.63) is 81.3 Å². The van der Waals surface area contributed by atoms with Gasteiger partial charge in [0.1, 0.15) is 17.4 Å². The monoisotopic (exact) mass is 423 g/mol. The van der Waals surface area contributed by atoms with Crippen molar-refractivity contribution in [1.29, 1.82) is 5.26 Å². The highest BCUT2D eigenvalue weighted by Gasteiger charge is 2.12. The zero-order valence-electron chi connectivity index (χ0n) is 15.7. The first-order chi connectivity index (χ1) is 14.1. The maximum absolute atomic E-state index is 12.5. The molecule has 0 aliphatic carbocycles. The molecule has 29 heavy (non-hydrogen) atoms. The number of thiazole rings is 1. The minimum absolute atomic E-state index is 0.000695. The predicted octanol–water partition coefficient (Wildman–Crippen LogP) is 5.33. The first kappa shape index (κ1) is 20.6. The lowest BCUT2D eigenvalue weighted by Crippen LogP contribution is -2.13. The Hall–Kier alpha value is -3.14. The van der Waals surface area contributed by atoms with Crippen LogP contribution in [-0.4, -0.2) is 17.5 Å². The third-order valence-electron chi connectivity index (χ3n) is 3.91. The van der Waals surface area contributed by atoms with Crippen LogP contribution in [0.4, 0.5) is 5.13 Å². The molecule has 0 unspecified atom stereocenters. The molecule has 0 atom stereocenters. The number of nitriles is 1. The van der Waals surface area contributed by atoms with Crippen molar-refractivity contribution in [3.8, 4) is 11.8 Å². The van der Waals surface area contributed by atoms with Gasteiger partial charge in [0.25, 0.3) is 5.91 Å². The third-order valence-corrected chi connectivity index (χ3v) is 5.06. The molecule has 0 spiro atoms. The molecule has 0 radical (unpaired) electrons. The molecule has 0 fully saturated rings. The summed E-state index contributed by atoms with van der Waals surface area (Å²) in [6.45, 7) is 2.49. The van der Waals surface area contributed by atoms with Gasteiger partial charge in [0.15, 0.2) is 5.13 Å². The number of aromatic nitrogens is 1. The van der Waals surface area contributed by atoms with E-state index < -0.39 is 5.91 Å². The molecule has 0 bridgehead atoms. The molecule has 0 saturated carbocycles. The Labute approximate surface area is 178 Å². The largest absolute Gasteiger partial charge is 0.494 e. The molecule has 1 amide bonds. The molecule has 0 saturated heterocycles. The van der Waals surface area contributed by atoms with Gasteiger partial charge in [-0.3, -0.25) is 10.1 Å². The van der Waals surface area contributed by atoms with Crippen LogP contribution in [0.1, 0.15) is 22.9 Å². The van der Waals surface area contributed by atoms with E-state index in [-0.39, 0.29) is 5.57 Å². The Kier molecular flexibility index (Phi) is 7.01. The van der Waals surface area contributed by atoms with Gasteiger partial charge < -0.3 is 4.74 Å². The van der Waals surface area contributed by atoms with Crippen molar-refractivity contribution >= 4 is 40.1 Å². The summed E-state index contributed by atoms with van der Waals surface area (Å²) in [5, 5.41) is 13.2. The molecular formula is C22H18ClN3O2S. The maximum atomic E-state index is 12.5. The summed E-state index contributed by atoms with van der Waals surface area (Å²) in [5.41, 5.74) is 1.80. The van der Waals surface area contributed by atoms with Crippen LogP contribution in [0.3, 0.4) is 0 Å². The smallest absolute Gasteiger partial charge is 0.268 e. The van der Waals surface area contributed by atoms with E-state index in [0.29, 0.717) is 23.2 Å². The number of carbonyl (C=O) groups excluding carboxylic acids is 1. The first-order valence-electron chi connectivity index (χ1n) is 8.92. The number of anilines is 1. The van der Waals surface area contributed by atoms with Gasteiger partial charge in [0.2, 0.25) is 0 Å². The number of halogens is 1. The topological polar surface area (TPSA) is 75.0 Å². The summed E-state index contributed by atoms with van der Waals surface area (Å²) in [6.07, 6.45) is 3.91. The number of benzene rings is 2. The minimum atomic E-state index is -0.495. The number of hydrogen-bond donors (Lipinski definition) is 1. The van der Waals surface area contributed by atoms with E-state index in [1.54, 1.807) is 30.5 Å². The molecule has 0 aliphatic heterocycles. The fourth-order valence-electron chi connectivity index (χ4n) is 2.60. The first-order valence-corrected chi connectivity index (χ1v) is 10.1. The van der Waals surface area contributed by atoms with Crippen LogP contribution in [0.5, 0.6) is 5.75 Å². The second kappa shape index (κ2) is 9.87. The van der Waals surface area contributed by atoms with Gasteiger partial charge in [-0.2, -0.15) is 5.26 Å². The second-order valence-electron chi connectivity index (χ2n) is 6.06. The summed E-state index contributed by atoms with van der Waals surface area (Å²) in [7, 11) is 0. The highest BCUT2D eigenvalue weighted by molar-refractivity contribution is 7.15. The van der Waals surface area contributed by atoms with Crippen molar-refractivity contribution in [1.82, 2.24) is 4.98 Å². The van der Waals surface area contributed by atoms with Gasteiger partial charge >= 0.3 is 0 Å². The summed E-state index contributed by atoms with van der Waals surface area (Å²) >= 11 is 7.38. The second-order valence-corrected chi connectivity index (χ2v) is 7.62.